The van der Waals surface area contributed by atoms with Gasteiger partial charge in [0.2, 0.25) is 0 Å². The van der Waals surface area contributed by atoms with Gasteiger partial charge >= 0.3 is 11.9 Å². The third-order valence-corrected chi connectivity index (χ3v) is 6.47. The third kappa shape index (κ3) is 21.2. The average molecular weight is 501 g/mol. The Labute approximate surface area is 221 Å². The van der Waals surface area contributed by atoms with Gasteiger partial charge in [0.15, 0.2) is 0 Å². The van der Waals surface area contributed by atoms with Crippen LogP contribution in [-0.2, 0) is 19.1 Å². The van der Waals surface area contributed by atoms with Crippen molar-refractivity contribution >= 4 is 18.0 Å². The fourth-order valence-electron chi connectivity index (χ4n) is 4.23. The summed E-state index contributed by atoms with van der Waals surface area (Å²) in [6.07, 6.45) is 25.2. The Bertz CT molecular complexity index is 668. The van der Waals surface area contributed by atoms with Crippen molar-refractivity contribution in [3.63, 3.8) is 0 Å². The molecule has 1 aromatic rings. The molecule has 0 radical (unpaired) electrons. The summed E-state index contributed by atoms with van der Waals surface area (Å²) in [5.74, 6) is -0.181. The number of ether oxygens (including phenoxy) is 2. The summed E-state index contributed by atoms with van der Waals surface area (Å²) >= 11 is 0. The molecule has 0 aliphatic heterocycles. The van der Waals surface area contributed by atoms with E-state index in [-0.39, 0.29) is 11.9 Å². The number of esters is 2. The van der Waals surface area contributed by atoms with Gasteiger partial charge in [-0.3, -0.25) is 9.59 Å². The van der Waals surface area contributed by atoms with Crippen LogP contribution in [0.5, 0.6) is 0 Å². The van der Waals surface area contributed by atoms with Gasteiger partial charge in [0.05, 0.1) is 6.61 Å². The number of carbonyl (C=O) groups excluding carboxylic acids is 2. The minimum atomic E-state index is -0.131. The molecule has 0 fully saturated rings. The van der Waals surface area contributed by atoms with Crippen LogP contribution in [0.2, 0.25) is 0 Å². The van der Waals surface area contributed by atoms with Crippen molar-refractivity contribution < 1.29 is 19.1 Å². The largest absolute Gasteiger partial charge is 0.466 e. The Hall–Kier alpha value is -2.10. The number of carbonyl (C=O) groups is 2. The van der Waals surface area contributed by atoms with E-state index in [0.29, 0.717) is 26.1 Å². The molecule has 0 unspecified atom stereocenters. The van der Waals surface area contributed by atoms with Gasteiger partial charge in [-0.25, -0.2) is 0 Å². The molecule has 0 aliphatic rings. The average Bonchev–Trinajstić information content (AvgIpc) is 2.89. The minimum Gasteiger partial charge on any atom is -0.466 e. The molecule has 4 nitrogen and oxygen atoms in total. The van der Waals surface area contributed by atoms with Crippen LogP contribution in [0.4, 0.5) is 0 Å². The first-order valence-corrected chi connectivity index (χ1v) is 14.7. The lowest BCUT2D eigenvalue weighted by Crippen LogP contribution is -2.05. The second-order valence-corrected chi connectivity index (χ2v) is 9.87. The summed E-state index contributed by atoms with van der Waals surface area (Å²) in [6, 6.07) is 9.98. The van der Waals surface area contributed by atoms with E-state index in [1.54, 1.807) is 0 Å². The van der Waals surface area contributed by atoms with E-state index in [4.69, 9.17) is 9.47 Å². The van der Waals surface area contributed by atoms with Crippen LogP contribution in [0.1, 0.15) is 134 Å². The standard InChI is InChI=1S/C32H52O4/c1-2-3-4-5-6-7-8-9-12-15-21-28-35-31(33)26-19-13-10-11-14-20-27-32(34)36-29-22-25-30-23-17-16-18-24-30/h16-18,22-25H,2-15,19-21,26-29H2,1H3/b25-22+. The van der Waals surface area contributed by atoms with Crippen molar-refractivity contribution in [1.82, 2.24) is 0 Å². The SMILES string of the molecule is CCCCCCCCCCCCCOC(=O)CCCCCCCCC(=O)OC/C=C/c1ccccc1. The van der Waals surface area contributed by atoms with Gasteiger partial charge in [-0.05, 0) is 30.9 Å². The van der Waals surface area contributed by atoms with E-state index in [1.807, 2.05) is 42.5 Å². The maximum Gasteiger partial charge on any atom is 0.306 e. The topological polar surface area (TPSA) is 52.6 Å². The Morgan fingerprint density at radius 1 is 0.611 bits per heavy atom. The van der Waals surface area contributed by atoms with Crippen LogP contribution in [0.15, 0.2) is 36.4 Å². The van der Waals surface area contributed by atoms with Crippen molar-refractivity contribution in [2.75, 3.05) is 13.2 Å². The van der Waals surface area contributed by atoms with Gasteiger partial charge in [0.1, 0.15) is 6.61 Å². The molecule has 0 atom stereocenters. The molecule has 1 aromatic carbocycles. The van der Waals surface area contributed by atoms with Crippen molar-refractivity contribution in [3.05, 3.63) is 42.0 Å². The highest BCUT2D eigenvalue weighted by atomic mass is 16.5. The zero-order valence-corrected chi connectivity index (χ0v) is 23.0. The highest BCUT2D eigenvalue weighted by Gasteiger charge is 2.04. The minimum absolute atomic E-state index is 0.0499. The molecule has 36 heavy (non-hydrogen) atoms. The normalized spacial score (nSPS) is 11.1. The van der Waals surface area contributed by atoms with Crippen molar-refractivity contribution in [1.29, 1.82) is 0 Å². The van der Waals surface area contributed by atoms with Gasteiger partial charge in [-0.1, -0.05) is 133 Å². The molecule has 0 spiro atoms. The smallest absolute Gasteiger partial charge is 0.306 e. The van der Waals surface area contributed by atoms with E-state index in [2.05, 4.69) is 6.92 Å². The summed E-state index contributed by atoms with van der Waals surface area (Å²) in [5, 5.41) is 0. The summed E-state index contributed by atoms with van der Waals surface area (Å²) < 4.78 is 10.6. The maximum atomic E-state index is 11.8. The molecule has 1 rings (SSSR count). The van der Waals surface area contributed by atoms with Crippen LogP contribution in [-0.4, -0.2) is 25.2 Å². The first kappa shape index (κ1) is 31.9. The third-order valence-electron chi connectivity index (χ3n) is 6.47. The zero-order chi connectivity index (χ0) is 25.9. The summed E-state index contributed by atoms with van der Waals surface area (Å²) in [6.45, 7) is 3.16. The van der Waals surface area contributed by atoms with Gasteiger partial charge < -0.3 is 9.47 Å². The van der Waals surface area contributed by atoms with Gasteiger partial charge in [0.25, 0.3) is 0 Å². The fourth-order valence-corrected chi connectivity index (χ4v) is 4.23. The molecule has 0 saturated heterocycles. The monoisotopic (exact) mass is 500 g/mol. The molecule has 0 amide bonds. The van der Waals surface area contributed by atoms with E-state index < -0.39 is 0 Å². The molecule has 0 aliphatic carbocycles. The lowest BCUT2D eigenvalue weighted by molar-refractivity contribution is -0.144. The van der Waals surface area contributed by atoms with Crippen molar-refractivity contribution in [2.24, 2.45) is 0 Å². The first-order valence-electron chi connectivity index (χ1n) is 14.7. The van der Waals surface area contributed by atoms with E-state index in [1.165, 1.54) is 64.2 Å². The molecular formula is C32H52O4. The molecule has 204 valence electrons. The van der Waals surface area contributed by atoms with Crippen LogP contribution in [0, 0.1) is 0 Å². The van der Waals surface area contributed by atoms with Crippen molar-refractivity contribution in [3.8, 4) is 0 Å². The molecule has 0 N–H and O–H groups in total. The second kappa shape index (κ2) is 24.6. The molecule has 4 heteroatoms. The molecule has 0 heterocycles. The number of rotatable bonds is 24. The van der Waals surface area contributed by atoms with Gasteiger partial charge in [-0.2, -0.15) is 0 Å². The number of hydrogen-bond acceptors (Lipinski definition) is 4. The molecular weight excluding hydrogens is 448 g/mol. The Morgan fingerprint density at radius 3 is 1.64 bits per heavy atom. The Morgan fingerprint density at radius 2 is 1.08 bits per heavy atom. The van der Waals surface area contributed by atoms with E-state index in [9.17, 15) is 9.59 Å². The highest BCUT2D eigenvalue weighted by molar-refractivity contribution is 5.69. The summed E-state index contributed by atoms with van der Waals surface area (Å²) in [5.41, 5.74) is 1.10. The molecule has 0 aromatic heterocycles. The zero-order valence-electron chi connectivity index (χ0n) is 23.0. The van der Waals surface area contributed by atoms with E-state index >= 15 is 0 Å². The van der Waals surface area contributed by atoms with Gasteiger partial charge in [-0.15, -0.1) is 0 Å². The second-order valence-electron chi connectivity index (χ2n) is 9.87. The lowest BCUT2D eigenvalue weighted by Gasteiger charge is -2.06. The first-order chi connectivity index (χ1) is 17.7. The van der Waals surface area contributed by atoms with E-state index in [0.717, 1.165) is 50.5 Å². The quantitative estimate of drug-likeness (QED) is 0.105. The Balaban J connectivity index is 1.79. The van der Waals surface area contributed by atoms with Crippen LogP contribution < -0.4 is 0 Å². The van der Waals surface area contributed by atoms with Crippen molar-refractivity contribution in [2.45, 2.75) is 129 Å². The van der Waals surface area contributed by atoms with Crippen LogP contribution in [0.25, 0.3) is 6.08 Å². The maximum absolute atomic E-state index is 11.8. The van der Waals surface area contributed by atoms with Gasteiger partial charge in [0, 0.05) is 12.8 Å². The van der Waals surface area contributed by atoms with Crippen LogP contribution in [0.3, 0.4) is 0 Å². The Kier molecular flexibility index (Phi) is 21.8. The van der Waals surface area contributed by atoms with Crippen LogP contribution >= 0.6 is 0 Å². The summed E-state index contributed by atoms with van der Waals surface area (Å²) in [4.78, 5) is 23.6. The predicted octanol–water partition coefficient (Wildman–Crippen LogP) is 9.22. The number of unbranched alkanes of at least 4 members (excludes halogenated alkanes) is 15. The highest BCUT2D eigenvalue weighted by Crippen LogP contribution is 2.12. The molecule has 0 bridgehead atoms. The number of hydrogen-bond donors (Lipinski definition) is 0. The fraction of sp³-hybridized carbons (Fsp3) is 0.688. The lowest BCUT2D eigenvalue weighted by atomic mass is 10.1. The predicted molar refractivity (Wildman–Crippen MR) is 151 cm³/mol. The molecule has 0 saturated carbocycles. The number of benzene rings is 1. The summed E-state index contributed by atoms with van der Waals surface area (Å²) in [7, 11) is 0.